The summed E-state index contributed by atoms with van der Waals surface area (Å²) in [6.07, 6.45) is 2.15. The van der Waals surface area contributed by atoms with Crippen molar-refractivity contribution in [2.24, 2.45) is 0 Å². The Morgan fingerprint density at radius 1 is 1.41 bits per heavy atom. The van der Waals surface area contributed by atoms with E-state index in [-0.39, 0.29) is 18.0 Å². The second-order valence-electron chi connectivity index (χ2n) is 4.28. The zero-order valence-corrected chi connectivity index (χ0v) is 11.7. The smallest absolute Gasteiger partial charge is 0.137 e. The second-order valence-corrected chi connectivity index (χ2v) is 5.14. The summed E-state index contributed by atoms with van der Waals surface area (Å²) in [6, 6.07) is 3.41. The van der Waals surface area contributed by atoms with Crippen LogP contribution in [-0.4, -0.2) is 12.6 Å². The fourth-order valence-electron chi connectivity index (χ4n) is 2.29. The lowest BCUT2D eigenvalue weighted by molar-refractivity contribution is 0.179. The van der Waals surface area contributed by atoms with Gasteiger partial charge in [-0.15, -0.1) is 0 Å². The zero-order valence-electron chi connectivity index (χ0n) is 10.1. The van der Waals surface area contributed by atoms with Crippen LogP contribution in [0.4, 0.5) is 4.39 Å². The molecule has 0 bridgehead atoms. The van der Waals surface area contributed by atoms with Crippen LogP contribution in [0.2, 0.25) is 0 Å². The molecule has 0 fully saturated rings. The standard InChI is InChI=1S/C13H17BrFNO/c1-3-5-11-13(16-4-2)8-6-10(15)9(14)7-12(8)17-11/h6-7,11,13,16H,3-5H2,1-2H3. The number of fused-ring (bicyclic) bond motifs is 1. The van der Waals surface area contributed by atoms with Gasteiger partial charge in [0.25, 0.3) is 0 Å². The van der Waals surface area contributed by atoms with E-state index in [0.29, 0.717) is 4.47 Å². The molecule has 1 heterocycles. The Morgan fingerprint density at radius 2 is 2.18 bits per heavy atom. The van der Waals surface area contributed by atoms with Gasteiger partial charge in [-0.05, 0) is 41.0 Å². The number of nitrogens with one attached hydrogen (secondary N) is 1. The first-order valence-corrected chi connectivity index (χ1v) is 6.85. The van der Waals surface area contributed by atoms with Crippen LogP contribution in [0.5, 0.6) is 5.75 Å². The Bertz CT molecular complexity index is 411. The summed E-state index contributed by atoms with van der Waals surface area (Å²) in [5, 5.41) is 3.38. The van der Waals surface area contributed by atoms with Crippen LogP contribution in [0.1, 0.15) is 38.3 Å². The number of hydrogen-bond donors (Lipinski definition) is 1. The normalized spacial score (nSPS) is 22.4. The minimum atomic E-state index is -0.229. The highest BCUT2D eigenvalue weighted by molar-refractivity contribution is 9.10. The molecule has 1 aliphatic rings. The van der Waals surface area contributed by atoms with Crippen LogP contribution in [0.15, 0.2) is 16.6 Å². The van der Waals surface area contributed by atoms with Gasteiger partial charge < -0.3 is 10.1 Å². The SMILES string of the molecule is CCCC1Oc2cc(Br)c(F)cc2C1NCC. The van der Waals surface area contributed by atoms with Crippen molar-refractivity contribution in [1.29, 1.82) is 0 Å². The van der Waals surface area contributed by atoms with E-state index in [0.717, 1.165) is 30.7 Å². The highest BCUT2D eigenvalue weighted by Crippen LogP contribution is 2.40. The molecule has 17 heavy (non-hydrogen) atoms. The number of hydrogen-bond acceptors (Lipinski definition) is 2. The molecule has 1 aromatic carbocycles. The van der Waals surface area contributed by atoms with Gasteiger partial charge in [0.2, 0.25) is 0 Å². The zero-order chi connectivity index (χ0) is 12.4. The Hall–Kier alpha value is -0.610. The molecule has 0 saturated heterocycles. The van der Waals surface area contributed by atoms with Crippen molar-refractivity contribution < 1.29 is 9.13 Å². The minimum absolute atomic E-state index is 0.109. The van der Waals surface area contributed by atoms with E-state index >= 15 is 0 Å². The number of ether oxygens (including phenoxy) is 1. The summed E-state index contributed by atoms with van der Waals surface area (Å²) in [5.41, 5.74) is 0.936. The highest BCUT2D eigenvalue weighted by atomic mass is 79.9. The molecule has 0 spiro atoms. The molecule has 0 saturated carbocycles. The van der Waals surface area contributed by atoms with Gasteiger partial charge in [-0.1, -0.05) is 20.3 Å². The molecule has 2 atom stereocenters. The largest absolute Gasteiger partial charge is 0.488 e. The van der Waals surface area contributed by atoms with E-state index in [1.165, 1.54) is 0 Å². The molecule has 0 amide bonds. The molecule has 0 aliphatic carbocycles. The van der Waals surface area contributed by atoms with Gasteiger partial charge in [0, 0.05) is 5.56 Å². The van der Waals surface area contributed by atoms with Crippen molar-refractivity contribution >= 4 is 15.9 Å². The Kier molecular flexibility index (Phi) is 4.05. The van der Waals surface area contributed by atoms with Crippen molar-refractivity contribution in [3.63, 3.8) is 0 Å². The molecule has 1 aromatic rings. The molecule has 2 rings (SSSR count). The molecule has 0 radical (unpaired) electrons. The summed E-state index contributed by atoms with van der Waals surface area (Å²) in [7, 11) is 0. The quantitative estimate of drug-likeness (QED) is 0.913. The lowest BCUT2D eigenvalue weighted by Crippen LogP contribution is -2.30. The Balaban J connectivity index is 2.32. The average Bonchev–Trinajstić information content (AvgIpc) is 2.59. The lowest BCUT2D eigenvalue weighted by Gasteiger charge is -2.19. The molecule has 2 unspecified atom stereocenters. The van der Waals surface area contributed by atoms with Crippen LogP contribution in [0.25, 0.3) is 0 Å². The first kappa shape index (κ1) is 12.8. The first-order valence-electron chi connectivity index (χ1n) is 6.06. The second kappa shape index (κ2) is 5.36. The van der Waals surface area contributed by atoms with Crippen LogP contribution >= 0.6 is 15.9 Å². The average molecular weight is 302 g/mol. The molecule has 4 heteroatoms. The number of benzene rings is 1. The van der Waals surface area contributed by atoms with Crippen molar-refractivity contribution in [3.05, 3.63) is 28.0 Å². The maximum Gasteiger partial charge on any atom is 0.137 e. The van der Waals surface area contributed by atoms with Gasteiger partial charge in [-0.2, -0.15) is 0 Å². The third-order valence-electron chi connectivity index (χ3n) is 3.04. The van der Waals surface area contributed by atoms with Crippen LogP contribution in [0.3, 0.4) is 0 Å². The fourth-order valence-corrected chi connectivity index (χ4v) is 2.61. The highest BCUT2D eigenvalue weighted by Gasteiger charge is 2.33. The summed E-state index contributed by atoms with van der Waals surface area (Å²) in [5.74, 6) is 0.565. The molecule has 1 N–H and O–H groups in total. The van der Waals surface area contributed by atoms with Crippen LogP contribution in [0, 0.1) is 5.82 Å². The summed E-state index contributed by atoms with van der Waals surface area (Å²) in [4.78, 5) is 0. The summed E-state index contributed by atoms with van der Waals surface area (Å²) in [6.45, 7) is 5.04. The Labute approximate surface area is 110 Å². The molecule has 0 aromatic heterocycles. The molecular formula is C13H17BrFNO. The third kappa shape index (κ3) is 2.47. The number of rotatable bonds is 4. The summed E-state index contributed by atoms with van der Waals surface area (Å²) < 4.78 is 19.9. The van der Waals surface area contributed by atoms with E-state index < -0.39 is 0 Å². The molecule has 1 aliphatic heterocycles. The third-order valence-corrected chi connectivity index (χ3v) is 3.64. The fraction of sp³-hybridized carbons (Fsp3) is 0.538. The predicted octanol–water partition coefficient (Wildman–Crippen LogP) is 3.80. The van der Waals surface area contributed by atoms with E-state index in [9.17, 15) is 4.39 Å². The molecular weight excluding hydrogens is 285 g/mol. The minimum Gasteiger partial charge on any atom is -0.488 e. The van der Waals surface area contributed by atoms with Gasteiger partial charge in [-0.25, -0.2) is 4.39 Å². The van der Waals surface area contributed by atoms with E-state index in [4.69, 9.17) is 4.74 Å². The van der Waals surface area contributed by atoms with E-state index in [1.807, 2.05) is 0 Å². The predicted molar refractivity (Wildman–Crippen MR) is 69.8 cm³/mol. The molecule has 2 nitrogen and oxygen atoms in total. The first-order chi connectivity index (χ1) is 8.17. The number of halogens is 2. The Morgan fingerprint density at radius 3 is 2.82 bits per heavy atom. The summed E-state index contributed by atoms with van der Waals surface area (Å²) >= 11 is 3.19. The lowest BCUT2D eigenvalue weighted by atomic mass is 10.0. The van der Waals surface area contributed by atoms with Gasteiger partial charge >= 0.3 is 0 Å². The van der Waals surface area contributed by atoms with Gasteiger partial charge in [0.15, 0.2) is 0 Å². The monoisotopic (exact) mass is 301 g/mol. The van der Waals surface area contributed by atoms with Crippen LogP contribution in [-0.2, 0) is 0 Å². The maximum atomic E-state index is 13.6. The van der Waals surface area contributed by atoms with E-state index in [1.54, 1.807) is 12.1 Å². The van der Waals surface area contributed by atoms with Crippen molar-refractivity contribution in [1.82, 2.24) is 5.32 Å². The van der Waals surface area contributed by atoms with Crippen molar-refractivity contribution in [3.8, 4) is 5.75 Å². The van der Waals surface area contributed by atoms with Crippen LogP contribution < -0.4 is 10.1 Å². The van der Waals surface area contributed by atoms with Crippen molar-refractivity contribution in [2.45, 2.75) is 38.8 Å². The van der Waals surface area contributed by atoms with Crippen molar-refractivity contribution in [2.75, 3.05) is 6.54 Å². The van der Waals surface area contributed by atoms with Gasteiger partial charge in [-0.3, -0.25) is 0 Å². The maximum absolute atomic E-state index is 13.6. The molecule has 94 valence electrons. The van der Waals surface area contributed by atoms with Gasteiger partial charge in [0.05, 0.1) is 10.5 Å². The van der Waals surface area contributed by atoms with E-state index in [2.05, 4.69) is 35.1 Å². The van der Waals surface area contributed by atoms with Gasteiger partial charge in [0.1, 0.15) is 17.7 Å². The number of likely N-dealkylation sites (N-methyl/N-ethyl adjacent to an activating group) is 1. The topological polar surface area (TPSA) is 21.3 Å².